The van der Waals surface area contributed by atoms with Crippen LogP contribution >= 0.6 is 0 Å². The van der Waals surface area contributed by atoms with Crippen LogP contribution < -0.4 is 10.0 Å². The molecule has 1 fully saturated rings. The summed E-state index contributed by atoms with van der Waals surface area (Å²) in [7, 11) is -3.80. The minimum atomic E-state index is -3.80. The van der Waals surface area contributed by atoms with Gasteiger partial charge in [-0.1, -0.05) is 44.2 Å². The highest BCUT2D eigenvalue weighted by Crippen LogP contribution is 2.13. The number of nitrogens with one attached hydrogen (secondary N) is 2. The molecule has 2 rings (SSSR count). The summed E-state index contributed by atoms with van der Waals surface area (Å²) in [6.07, 6.45) is 2.33. The topological polar surface area (TPSA) is 105 Å². The molecule has 0 aliphatic carbocycles. The van der Waals surface area contributed by atoms with Crippen molar-refractivity contribution in [2.45, 2.75) is 45.7 Å². The Hall–Kier alpha value is -2.39. The maximum Gasteiger partial charge on any atom is 0.409 e. The van der Waals surface area contributed by atoms with Crippen molar-refractivity contribution in [3.8, 4) is 0 Å². The van der Waals surface area contributed by atoms with Gasteiger partial charge in [0.05, 0.1) is 6.61 Å². The van der Waals surface area contributed by atoms with Gasteiger partial charge in [-0.2, -0.15) is 4.72 Å². The normalized spacial score (nSPS) is 16.6. The van der Waals surface area contributed by atoms with E-state index in [1.54, 1.807) is 37.8 Å². The molecule has 166 valence electrons. The number of ether oxygens (including phenoxy) is 1. The molecule has 1 heterocycles. The van der Waals surface area contributed by atoms with Gasteiger partial charge in [0.15, 0.2) is 0 Å². The van der Waals surface area contributed by atoms with Crippen LogP contribution in [0.3, 0.4) is 0 Å². The Balaban J connectivity index is 1.93. The van der Waals surface area contributed by atoms with Crippen LogP contribution in [0.1, 0.15) is 39.2 Å². The van der Waals surface area contributed by atoms with Crippen LogP contribution in [0.15, 0.2) is 35.7 Å². The SMILES string of the molecule is CCOC(=O)N1CCC(NC(=O)C(NS(=O)(=O)/C=C/c2ccccc2)C(C)C)CC1. The minimum Gasteiger partial charge on any atom is -0.450 e. The highest BCUT2D eigenvalue weighted by Gasteiger charge is 2.30. The molecule has 1 unspecified atom stereocenters. The van der Waals surface area contributed by atoms with Crippen molar-refractivity contribution in [1.29, 1.82) is 0 Å². The first-order chi connectivity index (χ1) is 14.2. The van der Waals surface area contributed by atoms with E-state index in [1.165, 1.54) is 6.08 Å². The maximum absolute atomic E-state index is 12.8. The van der Waals surface area contributed by atoms with E-state index in [9.17, 15) is 18.0 Å². The second-order valence-electron chi connectivity index (χ2n) is 7.57. The molecule has 0 aromatic heterocycles. The predicted octanol–water partition coefficient (Wildman–Crippen LogP) is 2.34. The predicted molar refractivity (Wildman–Crippen MR) is 116 cm³/mol. The Morgan fingerprint density at radius 3 is 2.40 bits per heavy atom. The van der Waals surface area contributed by atoms with Crippen molar-refractivity contribution < 1.29 is 22.7 Å². The van der Waals surface area contributed by atoms with E-state index in [2.05, 4.69) is 10.0 Å². The second kappa shape index (κ2) is 11.1. The molecule has 8 nitrogen and oxygen atoms in total. The zero-order valence-electron chi connectivity index (χ0n) is 17.7. The minimum absolute atomic E-state index is 0.117. The van der Waals surface area contributed by atoms with Crippen molar-refractivity contribution in [3.63, 3.8) is 0 Å². The molecule has 0 bridgehead atoms. The molecule has 9 heteroatoms. The zero-order valence-corrected chi connectivity index (χ0v) is 18.5. The molecule has 1 atom stereocenters. The van der Waals surface area contributed by atoms with Gasteiger partial charge in [-0.3, -0.25) is 4.79 Å². The Morgan fingerprint density at radius 1 is 1.20 bits per heavy atom. The number of benzene rings is 1. The van der Waals surface area contributed by atoms with Crippen LogP contribution in [-0.4, -0.2) is 57.1 Å². The molecule has 30 heavy (non-hydrogen) atoms. The van der Waals surface area contributed by atoms with E-state index >= 15 is 0 Å². The number of hydrogen-bond acceptors (Lipinski definition) is 5. The van der Waals surface area contributed by atoms with Crippen molar-refractivity contribution in [1.82, 2.24) is 14.9 Å². The largest absolute Gasteiger partial charge is 0.450 e. The van der Waals surface area contributed by atoms with Gasteiger partial charge >= 0.3 is 6.09 Å². The Kier molecular flexibility index (Phi) is 8.86. The number of carbonyl (C=O) groups excluding carboxylic acids is 2. The fourth-order valence-electron chi connectivity index (χ4n) is 3.15. The number of hydrogen-bond donors (Lipinski definition) is 2. The first-order valence-corrected chi connectivity index (χ1v) is 11.7. The van der Waals surface area contributed by atoms with Gasteiger partial charge in [0.2, 0.25) is 15.9 Å². The van der Waals surface area contributed by atoms with Crippen LogP contribution in [0.25, 0.3) is 6.08 Å². The molecule has 1 aromatic rings. The number of sulfonamides is 1. The fourth-order valence-corrected chi connectivity index (χ4v) is 4.30. The van der Waals surface area contributed by atoms with Crippen LogP contribution in [0.2, 0.25) is 0 Å². The van der Waals surface area contributed by atoms with Crippen LogP contribution in [0.5, 0.6) is 0 Å². The quantitative estimate of drug-likeness (QED) is 0.650. The van der Waals surface area contributed by atoms with Crippen LogP contribution in [0.4, 0.5) is 4.79 Å². The van der Waals surface area contributed by atoms with Crippen molar-refractivity contribution in [2.75, 3.05) is 19.7 Å². The van der Waals surface area contributed by atoms with E-state index in [4.69, 9.17) is 4.74 Å². The molecule has 1 aliphatic rings. The van der Waals surface area contributed by atoms with Crippen molar-refractivity contribution in [3.05, 3.63) is 41.3 Å². The van der Waals surface area contributed by atoms with Gasteiger partial charge in [-0.05, 0) is 37.3 Å². The van der Waals surface area contributed by atoms with E-state index in [0.717, 1.165) is 11.0 Å². The summed E-state index contributed by atoms with van der Waals surface area (Å²) in [6.45, 7) is 6.63. The third-order valence-corrected chi connectivity index (χ3v) is 5.92. The van der Waals surface area contributed by atoms with E-state index in [-0.39, 0.29) is 24.0 Å². The number of nitrogens with zero attached hydrogens (tertiary/aromatic N) is 1. The molecule has 1 saturated heterocycles. The molecule has 0 spiro atoms. The lowest BCUT2D eigenvalue weighted by molar-refractivity contribution is -0.124. The average molecular weight is 438 g/mol. The summed E-state index contributed by atoms with van der Waals surface area (Å²) in [5, 5.41) is 3.99. The average Bonchev–Trinajstić information content (AvgIpc) is 2.72. The monoisotopic (exact) mass is 437 g/mol. The smallest absolute Gasteiger partial charge is 0.409 e. The van der Waals surface area contributed by atoms with Crippen molar-refractivity contribution >= 4 is 28.1 Å². The first kappa shape index (κ1) is 23.9. The summed E-state index contributed by atoms with van der Waals surface area (Å²) in [6, 6.07) is 8.06. The lowest BCUT2D eigenvalue weighted by Gasteiger charge is -2.32. The number of likely N-dealkylation sites (tertiary alicyclic amines) is 1. The Morgan fingerprint density at radius 2 is 1.83 bits per heavy atom. The van der Waals surface area contributed by atoms with Crippen molar-refractivity contribution in [2.24, 2.45) is 5.92 Å². The summed E-state index contributed by atoms with van der Waals surface area (Å²) < 4.78 is 32.4. The molecular weight excluding hydrogens is 406 g/mol. The van der Waals surface area contributed by atoms with Gasteiger partial charge in [0.25, 0.3) is 0 Å². The maximum atomic E-state index is 12.8. The first-order valence-electron chi connectivity index (χ1n) is 10.2. The highest BCUT2D eigenvalue weighted by atomic mass is 32.2. The summed E-state index contributed by atoms with van der Waals surface area (Å²) in [5.74, 6) is -0.596. The fraction of sp³-hybridized carbons (Fsp3) is 0.524. The van der Waals surface area contributed by atoms with E-state index in [0.29, 0.717) is 32.5 Å². The zero-order chi connectivity index (χ0) is 22.1. The van der Waals surface area contributed by atoms with Crippen LogP contribution in [0, 0.1) is 5.92 Å². The summed E-state index contributed by atoms with van der Waals surface area (Å²) >= 11 is 0. The highest BCUT2D eigenvalue weighted by molar-refractivity contribution is 7.92. The number of rotatable bonds is 8. The standard InChI is InChI=1S/C21H31N3O5S/c1-4-29-21(26)24-13-10-18(11-14-24)22-20(25)19(16(2)3)23-30(27,28)15-12-17-8-6-5-7-9-17/h5-9,12,15-16,18-19,23H,4,10-11,13-14H2,1-3H3,(H,22,25)/b15-12+. The third kappa shape index (κ3) is 7.46. The number of carbonyl (C=O) groups is 2. The molecule has 2 N–H and O–H groups in total. The lowest BCUT2D eigenvalue weighted by Crippen LogP contribution is -2.54. The molecule has 1 aliphatic heterocycles. The molecule has 0 radical (unpaired) electrons. The van der Waals surface area contributed by atoms with Gasteiger partial charge in [0, 0.05) is 24.5 Å². The number of amides is 2. The molecule has 1 aromatic carbocycles. The van der Waals surface area contributed by atoms with E-state index in [1.807, 2.05) is 18.2 Å². The molecule has 2 amide bonds. The van der Waals surface area contributed by atoms with Gasteiger partial charge in [-0.25, -0.2) is 13.2 Å². The third-order valence-electron chi connectivity index (χ3n) is 4.85. The summed E-state index contributed by atoms with van der Waals surface area (Å²) in [4.78, 5) is 26.1. The van der Waals surface area contributed by atoms with Crippen LogP contribution in [-0.2, 0) is 19.6 Å². The Labute approximate surface area is 178 Å². The summed E-state index contributed by atoms with van der Waals surface area (Å²) in [5.41, 5.74) is 0.752. The van der Waals surface area contributed by atoms with Gasteiger partial charge in [0.1, 0.15) is 6.04 Å². The number of piperidine rings is 1. The Bertz CT molecular complexity index is 831. The van der Waals surface area contributed by atoms with E-state index < -0.39 is 16.1 Å². The lowest BCUT2D eigenvalue weighted by atomic mass is 10.0. The molecular formula is C21H31N3O5S. The van der Waals surface area contributed by atoms with Gasteiger partial charge in [-0.15, -0.1) is 0 Å². The van der Waals surface area contributed by atoms with Gasteiger partial charge < -0.3 is 15.0 Å². The second-order valence-corrected chi connectivity index (χ2v) is 9.16. The molecule has 0 saturated carbocycles.